The van der Waals surface area contributed by atoms with Crippen LogP contribution in [0.2, 0.25) is 0 Å². The molecule has 2 N–H and O–H groups in total. The van der Waals surface area contributed by atoms with Crippen LogP contribution in [-0.4, -0.2) is 32.7 Å². The molecule has 160 valence electrons. The molecule has 0 aliphatic carbocycles. The van der Waals surface area contributed by atoms with E-state index in [-0.39, 0.29) is 17.6 Å². The van der Waals surface area contributed by atoms with Gasteiger partial charge in [-0.3, -0.25) is 9.59 Å². The van der Waals surface area contributed by atoms with E-state index in [0.29, 0.717) is 47.9 Å². The monoisotopic (exact) mass is 429 g/mol. The van der Waals surface area contributed by atoms with Gasteiger partial charge >= 0.3 is 0 Å². The summed E-state index contributed by atoms with van der Waals surface area (Å²) in [6, 6.07) is 12.6. The maximum Gasteiger partial charge on any atom is 0.255 e. The zero-order valence-electron chi connectivity index (χ0n) is 17.1. The first-order chi connectivity index (χ1) is 15.5. The smallest absolute Gasteiger partial charge is 0.255 e. The fraction of sp³-hybridized carbons (Fsp3) is 0.167. The zero-order chi connectivity index (χ0) is 22.2. The lowest BCUT2D eigenvalue weighted by molar-refractivity contribution is -0.126. The number of benzene rings is 2. The van der Waals surface area contributed by atoms with Crippen LogP contribution >= 0.6 is 0 Å². The zero-order valence-corrected chi connectivity index (χ0v) is 17.1. The molecule has 2 amide bonds. The van der Waals surface area contributed by atoms with E-state index in [2.05, 4.69) is 27.2 Å². The second-order valence-corrected chi connectivity index (χ2v) is 7.81. The molecule has 1 unspecified atom stereocenters. The second kappa shape index (κ2) is 7.88. The number of carbonyl (C=O) groups excluding carboxylic acids is 2. The van der Waals surface area contributed by atoms with E-state index in [4.69, 9.17) is 0 Å². The minimum atomic E-state index is -0.516. The third kappa shape index (κ3) is 3.60. The Bertz CT molecular complexity index is 1240. The summed E-state index contributed by atoms with van der Waals surface area (Å²) < 4.78 is 13.2. The number of halogens is 1. The Balaban J connectivity index is 1.41. The molecule has 1 fully saturated rings. The van der Waals surface area contributed by atoms with Gasteiger partial charge in [0.15, 0.2) is 5.82 Å². The molecule has 8 heteroatoms. The summed E-state index contributed by atoms with van der Waals surface area (Å²) in [6.07, 6.45) is 2.82. The number of nitrogens with one attached hydrogen (secondary N) is 2. The number of aromatic nitrogens is 2. The van der Waals surface area contributed by atoms with Crippen molar-refractivity contribution in [3.05, 3.63) is 83.9 Å². The normalized spacial score (nSPS) is 17.8. The molecule has 2 aromatic carbocycles. The van der Waals surface area contributed by atoms with E-state index in [9.17, 15) is 14.0 Å². The molecule has 3 aromatic rings. The molecule has 1 aromatic heterocycles. The fourth-order valence-corrected chi connectivity index (χ4v) is 4.09. The average molecular weight is 429 g/mol. The minimum Gasteiger partial charge on any atom is -0.340 e. The minimum absolute atomic E-state index is 0.161. The van der Waals surface area contributed by atoms with Crippen molar-refractivity contribution in [1.29, 1.82) is 0 Å². The Morgan fingerprint density at radius 3 is 2.72 bits per heavy atom. The van der Waals surface area contributed by atoms with Crippen LogP contribution in [0, 0.1) is 5.82 Å². The van der Waals surface area contributed by atoms with Crippen LogP contribution in [0.4, 0.5) is 15.9 Å². The first-order valence-electron chi connectivity index (χ1n) is 10.3. The maximum atomic E-state index is 13.2. The van der Waals surface area contributed by atoms with Crippen molar-refractivity contribution in [2.24, 2.45) is 0 Å². The molecule has 0 bridgehead atoms. The summed E-state index contributed by atoms with van der Waals surface area (Å²) in [5.41, 5.74) is 3.50. The first-order valence-corrected chi connectivity index (χ1v) is 10.3. The van der Waals surface area contributed by atoms with Crippen LogP contribution in [0.1, 0.15) is 28.8 Å². The lowest BCUT2D eigenvalue weighted by Gasteiger charge is -2.31. The van der Waals surface area contributed by atoms with Gasteiger partial charge in [-0.1, -0.05) is 12.6 Å². The number of piperidine rings is 1. The van der Waals surface area contributed by atoms with Crippen LogP contribution in [0.5, 0.6) is 0 Å². The molecular formula is C24H20FN5O2. The van der Waals surface area contributed by atoms with Crippen molar-refractivity contribution in [2.75, 3.05) is 5.32 Å². The maximum absolute atomic E-state index is 13.2. The molecule has 32 heavy (non-hydrogen) atoms. The molecule has 0 spiro atoms. The van der Waals surface area contributed by atoms with Crippen molar-refractivity contribution in [1.82, 2.24) is 20.2 Å². The van der Waals surface area contributed by atoms with Gasteiger partial charge in [-0.15, -0.1) is 0 Å². The molecule has 0 saturated carbocycles. The summed E-state index contributed by atoms with van der Waals surface area (Å²) in [6.45, 7) is 4.13. The van der Waals surface area contributed by atoms with Gasteiger partial charge in [0.1, 0.15) is 17.7 Å². The van der Waals surface area contributed by atoms with Crippen LogP contribution in [0.15, 0.2) is 67.0 Å². The molecule has 5 rings (SSSR count). The molecule has 2 aliphatic heterocycles. The van der Waals surface area contributed by atoms with E-state index >= 15 is 0 Å². The van der Waals surface area contributed by atoms with Crippen molar-refractivity contribution < 1.29 is 14.0 Å². The predicted octanol–water partition coefficient (Wildman–Crippen LogP) is 3.77. The summed E-state index contributed by atoms with van der Waals surface area (Å²) in [4.78, 5) is 35.9. The lowest BCUT2D eigenvalue weighted by atomic mass is 10.0. The predicted molar refractivity (Wildman–Crippen MR) is 117 cm³/mol. The molecule has 1 saturated heterocycles. The summed E-state index contributed by atoms with van der Waals surface area (Å²) in [7, 11) is 0. The van der Waals surface area contributed by atoms with E-state index in [0.717, 1.165) is 11.3 Å². The van der Waals surface area contributed by atoms with E-state index in [1.807, 2.05) is 6.07 Å². The molecule has 1 atom stereocenters. The number of anilines is 2. The van der Waals surface area contributed by atoms with E-state index in [1.54, 1.807) is 41.4 Å². The van der Waals surface area contributed by atoms with Crippen molar-refractivity contribution in [2.45, 2.75) is 25.4 Å². The van der Waals surface area contributed by atoms with Gasteiger partial charge in [-0.05, 0) is 55.3 Å². The largest absolute Gasteiger partial charge is 0.340 e. The molecule has 2 aliphatic rings. The van der Waals surface area contributed by atoms with Gasteiger partial charge < -0.3 is 15.5 Å². The fourth-order valence-electron chi connectivity index (χ4n) is 4.09. The first kappa shape index (κ1) is 19.9. The summed E-state index contributed by atoms with van der Waals surface area (Å²) in [5.74, 6) is 0.320. The molecular weight excluding hydrogens is 409 g/mol. The third-order valence-electron chi connectivity index (χ3n) is 5.71. The standard InChI is InChI=1S/C24H20FN5O2/c1-14-5-10-20(23(31)27-14)30-13-18-17(24(30)32)3-2-4-19(18)28-21-11-12-26-22(29-21)15-6-8-16(25)9-7-15/h2-4,6-9,11-12,20H,1,5,10,13H2,(H,27,31)(H,26,28,29). The van der Waals surface area contributed by atoms with Gasteiger partial charge in [0, 0.05) is 40.8 Å². The number of hydrogen-bond donors (Lipinski definition) is 2. The van der Waals surface area contributed by atoms with Gasteiger partial charge in [-0.25, -0.2) is 14.4 Å². The van der Waals surface area contributed by atoms with Crippen molar-refractivity contribution in [3.8, 4) is 11.4 Å². The average Bonchev–Trinajstić information content (AvgIpc) is 3.12. The van der Waals surface area contributed by atoms with E-state index in [1.165, 1.54) is 12.1 Å². The van der Waals surface area contributed by atoms with Crippen molar-refractivity contribution in [3.63, 3.8) is 0 Å². The second-order valence-electron chi connectivity index (χ2n) is 7.81. The van der Waals surface area contributed by atoms with E-state index < -0.39 is 6.04 Å². The Hall–Kier alpha value is -4.07. The van der Waals surface area contributed by atoms with Crippen LogP contribution in [0.25, 0.3) is 11.4 Å². The molecule has 3 heterocycles. The number of allylic oxidation sites excluding steroid dienone is 1. The van der Waals surface area contributed by atoms with Crippen LogP contribution in [0.3, 0.4) is 0 Å². The van der Waals surface area contributed by atoms with Crippen LogP contribution < -0.4 is 10.6 Å². The number of hydrogen-bond acceptors (Lipinski definition) is 5. The third-order valence-corrected chi connectivity index (χ3v) is 5.71. The number of rotatable bonds is 4. The summed E-state index contributed by atoms with van der Waals surface area (Å²) in [5, 5.41) is 6.02. The number of nitrogens with zero attached hydrogens (tertiary/aromatic N) is 3. The SMILES string of the molecule is C=C1CCC(N2Cc3c(Nc4ccnc(-c5ccc(F)cc5)n4)cccc3C2=O)C(=O)N1. The highest BCUT2D eigenvalue weighted by atomic mass is 19.1. The summed E-state index contributed by atoms with van der Waals surface area (Å²) >= 11 is 0. The highest BCUT2D eigenvalue weighted by molar-refractivity contribution is 6.03. The van der Waals surface area contributed by atoms with Gasteiger partial charge in [0.05, 0.1) is 0 Å². The quantitative estimate of drug-likeness (QED) is 0.659. The van der Waals surface area contributed by atoms with Crippen LogP contribution in [-0.2, 0) is 11.3 Å². The Labute approximate surface area is 184 Å². The molecule has 0 radical (unpaired) electrons. The molecule has 7 nitrogen and oxygen atoms in total. The van der Waals surface area contributed by atoms with Crippen molar-refractivity contribution >= 4 is 23.3 Å². The highest BCUT2D eigenvalue weighted by Gasteiger charge is 2.38. The number of carbonyl (C=O) groups is 2. The Morgan fingerprint density at radius 1 is 1.12 bits per heavy atom. The van der Waals surface area contributed by atoms with Gasteiger partial charge in [0.2, 0.25) is 5.91 Å². The Kier molecular flexibility index (Phi) is 4.89. The topological polar surface area (TPSA) is 87.2 Å². The Morgan fingerprint density at radius 2 is 1.94 bits per heavy atom. The number of amides is 2. The van der Waals surface area contributed by atoms with Gasteiger partial charge in [0.25, 0.3) is 5.91 Å². The van der Waals surface area contributed by atoms with Gasteiger partial charge in [-0.2, -0.15) is 0 Å². The highest BCUT2D eigenvalue weighted by Crippen LogP contribution is 2.34. The lowest BCUT2D eigenvalue weighted by Crippen LogP contribution is -2.49. The number of fused-ring (bicyclic) bond motifs is 1.